The Morgan fingerprint density at radius 2 is 1.87 bits per heavy atom. The summed E-state index contributed by atoms with van der Waals surface area (Å²) in [4.78, 5) is 24.6. The smallest absolute Gasteiger partial charge is 0.550 e. The average Bonchev–Trinajstić information content (AvgIpc) is 3.01. The van der Waals surface area contributed by atoms with Crippen LogP contribution >= 0.6 is 0 Å². The normalized spacial score (nSPS) is 48.7. The van der Waals surface area contributed by atoms with E-state index in [1.54, 1.807) is 0 Å². The maximum absolute atomic E-state index is 13.6. The molecule has 0 bridgehead atoms. The van der Waals surface area contributed by atoms with Gasteiger partial charge in [-0.1, -0.05) is 20.8 Å². The Morgan fingerprint density at radius 3 is 2.53 bits per heavy atom. The van der Waals surface area contributed by atoms with Crippen molar-refractivity contribution in [3.05, 3.63) is 0 Å². The van der Waals surface area contributed by atoms with Crippen molar-refractivity contribution in [2.75, 3.05) is 0 Å². The van der Waals surface area contributed by atoms with Crippen LogP contribution in [0.3, 0.4) is 0 Å². The van der Waals surface area contributed by atoms with Crippen LogP contribution < -0.4 is 34.7 Å². The number of carboxylic acids is 1. The number of ketones is 1. The third-order valence-electron chi connectivity index (χ3n) is 10.1. The minimum atomic E-state index is -1.02. The second kappa shape index (κ2) is 8.78. The molecule has 10 atom stereocenters. The van der Waals surface area contributed by atoms with E-state index in [0.29, 0.717) is 24.5 Å². The molecule has 4 fully saturated rings. The Morgan fingerprint density at radius 1 is 1.17 bits per heavy atom. The van der Waals surface area contributed by atoms with Gasteiger partial charge in [-0.05, 0) is 92.3 Å². The average molecular weight is 429 g/mol. The van der Waals surface area contributed by atoms with Crippen LogP contribution in [0, 0.1) is 46.3 Å². The monoisotopic (exact) mass is 428 g/mol. The molecule has 5 nitrogen and oxygen atoms in total. The van der Waals surface area contributed by atoms with Gasteiger partial charge in [0.05, 0.1) is 12.2 Å². The molecule has 4 saturated carbocycles. The summed E-state index contributed by atoms with van der Waals surface area (Å²) < 4.78 is 0. The van der Waals surface area contributed by atoms with E-state index >= 15 is 0 Å². The summed E-state index contributed by atoms with van der Waals surface area (Å²) in [5, 5.41) is 32.3. The van der Waals surface area contributed by atoms with Gasteiger partial charge in [-0.3, -0.25) is 4.79 Å². The number of fused-ring (bicyclic) bond motifs is 5. The fraction of sp³-hybridized carbons (Fsp3) is 0.917. The molecule has 0 unspecified atom stereocenters. The SMILES string of the molecule is C[C@H](CCC(=O)[O-])[C@H]1CC[C@H]2[C@@H]3[C@H](O)C[C@@H]4C[C@H](O)CC[C@]4(C)[C@H]3CC(=O)[C@]12C.[Na+]. The Labute approximate surface area is 202 Å². The van der Waals surface area contributed by atoms with Gasteiger partial charge < -0.3 is 20.1 Å². The third kappa shape index (κ3) is 3.75. The molecule has 0 aromatic carbocycles. The van der Waals surface area contributed by atoms with E-state index in [0.717, 1.165) is 38.5 Å². The quantitative estimate of drug-likeness (QED) is 0.579. The van der Waals surface area contributed by atoms with Crippen molar-refractivity contribution in [2.24, 2.45) is 46.3 Å². The van der Waals surface area contributed by atoms with Crippen molar-refractivity contribution in [2.45, 2.75) is 90.8 Å². The van der Waals surface area contributed by atoms with Gasteiger partial charge in [-0.15, -0.1) is 0 Å². The van der Waals surface area contributed by atoms with Gasteiger partial charge in [0, 0.05) is 17.8 Å². The number of hydrogen-bond donors (Lipinski definition) is 2. The summed E-state index contributed by atoms with van der Waals surface area (Å²) in [5.74, 6) is 0.477. The second-order valence-corrected chi connectivity index (χ2v) is 11.2. The molecule has 0 aromatic heterocycles. The number of hydrogen-bond acceptors (Lipinski definition) is 5. The first-order valence-corrected chi connectivity index (χ1v) is 11.7. The van der Waals surface area contributed by atoms with Crippen LogP contribution in [-0.2, 0) is 9.59 Å². The predicted octanol–water partition coefficient (Wildman–Crippen LogP) is -0.674. The van der Waals surface area contributed by atoms with E-state index in [4.69, 9.17) is 0 Å². The molecule has 164 valence electrons. The number of rotatable bonds is 4. The molecule has 30 heavy (non-hydrogen) atoms. The molecule has 0 aromatic rings. The first kappa shape index (κ1) is 24.7. The van der Waals surface area contributed by atoms with Gasteiger partial charge in [0.25, 0.3) is 0 Å². The molecule has 0 radical (unpaired) electrons. The zero-order valence-electron chi connectivity index (χ0n) is 19.1. The zero-order chi connectivity index (χ0) is 21.1. The van der Waals surface area contributed by atoms with E-state index in [9.17, 15) is 24.9 Å². The summed E-state index contributed by atoms with van der Waals surface area (Å²) in [6.07, 6.45) is 5.55. The van der Waals surface area contributed by atoms with E-state index in [1.807, 2.05) is 0 Å². The Hall–Kier alpha value is 0.0600. The standard InChI is InChI=1S/C24H38O5.Na/c1-13(4-7-21(28)29)16-5-6-17-22-18(12-20(27)24(16,17)3)23(2)9-8-15(25)10-14(23)11-19(22)26;/h13-19,22,25-26H,4-12H2,1-3H3,(H,28,29);/q;+1/p-1/t13-,14+,15-,16-,17+,18+,19-,22+,23+,24-;/m1./s1. The van der Waals surface area contributed by atoms with E-state index < -0.39 is 17.5 Å². The van der Waals surface area contributed by atoms with Gasteiger partial charge >= 0.3 is 29.6 Å². The van der Waals surface area contributed by atoms with Gasteiger partial charge in [0.15, 0.2) is 0 Å². The fourth-order valence-corrected chi connectivity index (χ4v) is 8.41. The van der Waals surface area contributed by atoms with Gasteiger partial charge in [0.1, 0.15) is 5.78 Å². The van der Waals surface area contributed by atoms with Crippen LogP contribution in [0.1, 0.15) is 78.6 Å². The first-order chi connectivity index (χ1) is 13.6. The molecule has 4 aliphatic rings. The van der Waals surface area contributed by atoms with E-state index in [2.05, 4.69) is 20.8 Å². The van der Waals surface area contributed by atoms with Crippen molar-refractivity contribution in [1.82, 2.24) is 0 Å². The molecule has 2 N–H and O–H groups in total. The van der Waals surface area contributed by atoms with E-state index in [1.165, 1.54) is 0 Å². The Bertz CT molecular complexity index is 683. The number of carbonyl (C=O) groups is 2. The molecule has 0 heterocycles. The van der Waals surface area contributed by atoms with Crippen LogP contribution in [0.4, 0.5) is 0 Å². The topological polar surface area (TPSA) is 97.7 Å². The zero-order valence-corrected chi connectivity index (χ0v) is 21.1. The largest absolute Gasteiger partial charge is 1.00 e. The van der Waals surface area contributed by atoms with Crippen molar-refractivity contribution in [3.8, 4) is 0 Å². The number of aliphatic hydroxyl groups excluding tert-OH is 2. The summed E-state index contributed by atoms with van der Waals surface area (Å²) in [6.45, 7) is 6.49. The van der Waals surface area contributed by atoms with Crippen molar-refractivity contribution in [1.29, 1.82) is 0 Å². The van der Waals surface area contributed by atoms with Crippen LogP contribution in [0.2, 0.25) is 0 Å². The molecular weight excluding hydrogens is 391 g/mol. The minimum absolute atomic E-state index is 0. The second-order valence-electron chi connectivity index (χ2n) is 11.2. The summed E-state index contributed by atoms with van der Waals surface area (Å²) in [7, 11) is 0. The molecular formula is C24H37NaO5. The predicted molar refractivity (Wildman–Crippen MR) is 106 cm³/mol. The number of carbonyl (C=O) groups excluding carboxylic acids is 2. The van der Waals surface area contributed by atoms with Gasteiger partial charge in [-0.2, -0.15) is 0 Å². The van der Waals surface area contributed by atoms with Crippen molar-refractivity contribution < 1.29 is 54.5 Å². The number of Topliss-reactive ketones (excluding diaryl/α,β-unsaturated/α-hetero) is 1. The molecule has 6 heteroatoms. The Kier molecular flexibility index (Phi) is 7.23. The van der Waals surface area contributed by atoms with E-state index in [-0.39, 0.29) is 77.1 Å². The van der Waals surface area contributed by atoms with Crippen LogP contribution in [0.25, 0.3) is 0 Å². The van der Waals surface area contributed by atoms with Crippen LogP contribution in [0.15, 0.2) is 0 Å². The number of aliphatic hydroxyl groups is 2. The molecule has 0 saturated heterocycles. The minimum Gasteiger partial charge on any atom is -0.550 e. The van der Waals surface area contributed by atoms with Crippen molar-refractivity contribution >= 4 is 11.8 Å². The fourth-order valence-electron chi connectivity index (χ4n) is 8.41. The molecule has 4 aliphatic carbocycles. The van der Waals surface area contributed by atoms with Crippen LogP contribution in [0.5, 0.6) is 0 Å². The van der Waals surface area contributed by atoms with Gasteiger partial charge in [-0.25, -0.2) is 0 Å². The Balaban J connectivity index is 0.00000256. The van der Waals surface area contributed by atoms with Crippen molar-refractivity contribution in [3.63, 3.8) is 0 Å². The van der Waals surface area contributed by atoms with Gasteiger partial charge in [0.2, 0.25) is 0 Å². The maximum atomic E-state index is 13.6. The summed E-state index contributed by atoms with van der Waals surface area (Å²) >= 11 is 0. The summed E-state index contributed by atoms with van der Waals surface area (Å²) in [5.41, 5.74) is -0.427. The molecule has 4 rings (SSSR count). The number of aliphatic carboxylic acids is 1. The third-order valence-corrected chi connectivity index (χ3v) is 10.1. The summed E-state index contributed by atoms with van der Waals surface area (Å²) in [6, 6.07) is 0. The van der Waals surface area contributed by atoms with Crippen LogP contribution in [-0.4, -0.2) is 34.2 Å². The molecule has 0 amide bonds. The first-order valence-electron chi connectivity index (χ1n) is 11.7. The molecule has 0 spiro atoms. The maximum Gasteiger partial charge on any atom is 1.00 e. The number of carboxylic acid groups (broad SMARTS) is 1. The molecule has 0 aliphatic heterocycles.